The van der Waals surface area contributed by atoms with Crippen LogP contribution in [0.15, 0.2) is 12.3 Å². The Kier molecular flexibility index (Phi) is 2.40. The highest BCUT2D eigenvalue weighted by atomic mass is 16.4. The second-order valence-corrected chi connectivity index (χ2v) is 3.39. The number of carbonyl (C=O) groups is 1. The molecule has 2 aromatic rings. The summed E-state index contributed by atoms with van der Waals surface area (Å²) in [5.41, 5.74) is 1.46. The summed E-state index contributed by atoms with van der Waals surface area (Å²) in [4.78, 5) is 25.6. The van der Waals surface area contributed by atoms with Crippen LogP contribution in [0.5, 0.6) is 0 Å². The predicted octanol–water partition coefficient (Wildman–Crippen LogP) is 1.18. The van der Waals surface area contributed by atoms with Crippen LogP contribution in [0, 0.1) is 13.8 Å². The van der Waals surface area contributed by atoms with Gasteiger partial charge >= 0.3 is 5.97 Å². The van der Waals surface area contributed by atoms with Crippen molar-refractivity contribution in [2.75, 3.05) is 0 Å². The van der Waals surface area contributed by atoms with Crippen LogP contribution in [-0.2, 0) is 0 Å². The standard InChI is InChI=1S/C10H10N4O2/c1-5-3-7(13-6(2)12-5)9-11-4-8(14-9)10(15)16/h3-4H,1-2H3,(H,11,14)(H,15,16). The SMILES string of the molecule is Cc1cc(-c2ncc(C(=O)O)[nH]2)nc(C)n1. The molecule has 0 aliphatic heterocycles. The lowest BCUT2D eigenvalue weighted by Gasteiger charge is -1.99. The van der Waals surface area contributed by atoms with Gasteiger partial charge in [0.1, 0.15) is 17.2 Å². The molecule has 16 heavy (non-hydrogen) atoms. The van der Waals surface area contributed by atoms with Gasteiger partial charge in [-0.25, -0.2) is 19.7 Å². The largest absolute Gasteiger partial charge is 0.477 e. The number of hydrogen-bond donors (Lipinski definition) is 2. The Bertz CT molecular complexity index is 527. The molecule has 0 unspecified atom stereocenters. The molecular formula is C10H10N4O2. The maximum atomic E-state index is 10.7. The first-order chi connectivity index (χ1) is 7.56. The quantitative estimate of drug-likeness (QED) is 0.789. The molecule has 0 atom stereocenters. The van der Waals surface area contributed by atoms with E-state index in [1.807, 2.05) is 6.92 Å². The number of hydrogen-bond acceptors (Lipinski definition) is 4. The number of nitrogens with one attached hydrogen (secondary N) is 1. The molecule has 0 aliphatic rings. The van der Waals surface area contributed by atoms with E-state index in [9.17, 15) is 4.79 Å². The molecular weight excluding hydrogens is 208 g/mol. The van der Waals surface area contributed by atoms with Gasteiger partial charge < -0.3 is 10.1 Å². The van der Waals surface area contributed by atoms with E-state index in [1.165, 1.54) is 6.20 Å². The van der Waals surface area contributed by atoms with Gasteiger partial charge in [0, 0.05) is 5.69 Å². The Morgan fingerprint density at radius 1 is 1.38 bits per heavy atom. The third-order valence-electron chi connectivity index (χ3n) is 2.01. The molecule has 2 aromatic heterocycles. The van der Waals surface area contributed by atoms with Gasteiger partial charge in [-0.2, -0.15) is 0 Å². The summed E-state index contributed by atoms with van der Waals surface area (Å²) in [6.07, 6.45) is 1.27. The van der Waals surface area contributed by atoms with Crippen LogP contribution in [0.3, 0.4) is 0 Å². The van der Waals surface area contributed by atoms with Crippen molar-refractivity contribution in [2.45, 2.75) is 13.8 Å². The lowest BCUT2D eigenvalue weighted by molar-refractivity contribution is 0.0691. The zero-order valence-electron chi connectivity index (χ0n) is 8.85. The fourth-order valence-corrected chi connectivity index (χ4v) is 1.40. The third-order valence-corrected chi connectivity index (χ3v) is 2.01. The lowest BCUT2D eigenvalue weighted by Crippen LogP contribution is -1.97. The maximum Gasteiger partial charge on any atom is 0.353 e. The fourth-order valence-electron chi connectivity index (χ4n) is 1.40. The summed E-state index contributed by atoms with van der Waals surface area (Å²) >= 11 is 0. The van der Waals surface area contributed by atoms with Crippen LogP contribution >= 0.6 is 0 Å². The molecule has 0 aliphatic carbocycles. The van der Waals surface area contributed by atoms with Gasteiger partial charge in [0.25, 0.3) is 0 Å². The van der Waals surface area contributed by atoms with Gasteiger partial charge in [-0.15, -0.1) is 0 Å². The van der Waals surface area contributed by atoms with E-state index in [-0.39, 0.29) is 5.69 Å². The second-order valence-electron chi connectivity index (χ2n) is 3.39. The van der Waals surface area contributed by atoms with Crippen LogP contribution < -0.4 is 0 Å². The number of aryl methyl sites for hydroxylation is 2. The van der Waals surface area contributed by atoms with E-state index >= 15 is 0 Å². The van der Waals surface area contributed by atoms with Crippen molar-refractivity contribution in [3.05, 3.63) is 29.5 Å². The number of carboxylic acids is 1. The van der Waals surface area contributed by atoms with Crippen molar-refractivity contribution in [1.82, 2.24) is 19.9 Å². The summed E-state index contributed by atoms with van der Waals surface area (Å²) in [6.45, 7) is 3.62. The molecule has 6 nitrogen and oxygen atoms in total. The van der Waals surface area contributed by atoms with Gasteiger partial charge in [-0.05, 0) is 19.9 Å². The van der Waals surface area contributed by atoms with Crippen LogP contribution in [0.2, 0.25) is 0 Å². The third kappa shape index (κ3) is 1.90. The summed E-state index contributed by atoms with van der Waals surface area (Å²) in [6, 6.07) is 1.75. The molecule has 82 valence electrons. The van der Waals surface area contributed by atoms with E-state index in [2.05, 4.69) is 19.9 Å². The molecule has 0 spiro atoms. The first-order valence-corrected chi connectivity index (χ1v) is 4.67. The molecule has 0 saturated carbocycles. The fraction of sp³-hybridized carbons (Fsp3) is 0.200. The predicted molar refractivity (Wildman–Crippen MR) is 56.0 cm³/mol. The molecule has 0 saturated heterocycles. The van der Waals surface area contributed by atoms with Gasteiger partial charge in [0.2, 0.25) is 0 Å². The minimum atomic E-state index is -1.04. The van der Waals surface area contributed by atoms with Crippen molar-refractivity contribution < 1.29 is 9.90 Å². The number of aromatic carboxylic acids is 1. The summed E-state index contributed by atoms with van der Waals surface area (Å²) < 4.78 is 0. The summed E-state index contributed by atoms with van der Waals surface area (Å²) in [5.74, 6) is 0.0236. The molecule has 2 rings (SSSR count). The Morgan fingerprint density at radius 3 is 2.69 bits per heavy atom. The smallest absolute Gasteiger partial charge is 0.353 e. The lowest BCUT2D eigenvalue weighted by atomic mass is 10.3. The number of carboxylic acid groups (broad SMARTS) is 1. The Balaban J connectivity index is 2.46. The zero-order valence-corrected chi connectivity index (χ0v) is 8.85. The monoisotopic (exact) mass is 218 g/mol. The van der Waals surface area contributed by atoms with Crippen molar-refractivity contribution in [1.29, 1.82) is 0 Å². The maximum absolute atomic E-state index is 10.7. The van der Waals surface area contributed by atoms with Gasteiger partial charge in [0.05, 0.1) is 6.20 Å². The molecule has 0 amide bonds. The molecule has 0 bridgehead atoms. The van der Waals surface area contributed by atoms with E-state index in [1.54, 1.807) is 13.0 Å². The number of aromatic amines is 1. The number of rotatable bonds is 2. The van der Waals surface area contributed by atoms with Crippen LogP contribution in [0.1, 0.15) is 22.0 Å². The zero-order chi connectivity index (χ0) is 11.7. The molecule has 6 heteroatoms. The van der Waals surface area contributed by atoms with E-state index in [4.69, 9.17) is 5.11 Å². The summed E-state index contributed by atoms with van der Waals surface area (Å²) in [7, 11) is 0. The highest BCUT2D eigenvalue weighted by Gasteiger charge is 2.10. The van der Waals surface area contributed by atoms with E-state index in [0.29, 0.717) is 17.3 Å². The van der Waals surface area contributed by atoms with Gasteiger partial charge in [-0.1, -0.05) is 0 Å². The van der Waals surface area contributed by atoms with Crippen LogP contribution in [0.4, 0.5) is 0 Å². The average molecular weight is 218 g/mol. The molecule has 2 N–H and O–H groups in total. The average Bonchev–Trinajstić information content (AvgIpc) is 2.64. The molecule has 2 heterocycles. The molecule has 0 fully saturated rings. The molecule has 0 radical (unpaired) electrons. The van der Waals surface area contributed by atoms with Crippen molar-refractivity contribution in [3.63, 3.8) is 0 Å². The highest BCUT2D eigenvalue weighted by molar-refractivity contribution is 5.85. The number of nitrogens with zero attached hydrogens (tertiary/aromatic N) is 3. The Morgan fingerprint density at radius 2 is 2.12 bits per heavy atom. The van der Waals surface area contributed by atoms with E-state index < -0.39 is 5.97 Å². The summed E-state index contributed by atoms with van der Waals surface area (Å²) in [5, 5.41) is 8.75. The second kappa shape index (κ2) is 3.73. The van der Waals surface area contributed by atoms with Crippen LogP contribution in [0.25, 0.3) is 11.5 Å². The molecule has 0 aromatic carbocycles. The number of imidazole rings is 1. The van der Waals surface area contributed by atoms with Crippen molar-refractivity contribution >= 4 is 5.97 Å². The number of H-pyrrole nitrogens is 1. The highest BCUT2D eigenvalue weighted by Crippen LogP contribution is 2.13. The Labute approximate surface area is 91.4 Å². The minimum absolute atomic E-state index is 0.0453. The minimum Gasteiger partial charge on any atom is -0.477 e. The topological polar surface area (TPSA) is 91.8 Å². The van der Waals surface area contributed by atoms with Crippen molar-refractivity contribution in [3.8, 4) is 11.5 Å². The van der Waals surface area contributed by atoms with Crippen LogP contribution in [-0.4, -0.2) is 31.0 Å². The van der Waals surface area contributed by atoms with Gasteiger partial charge in [0.15, 0.2) is 5.82 Å². The Hall–Kier alpha value is -2.24. The van der Waals surface area contributed by atoms with Gasteiger partial charge in [-0.3, -0.25) is 0 Å². The van der Waals surface area contributed by atoms with E-state index in [0.717, 1.165) is 5.69 Å². The first-order valence-electron chi connectivity index (χ1n) is 4.67. The van der Waals surface area contributed by atoms with Crippen molar-refractivity contribution in [2.24, 2.45) is 0 Å². The normalized spacial score (nSPS) is 10.4. The number of aromatic nitrogens is 4. The first kappa shape index (κ1) is 10.3.